The van der Waals surface area contributed by atoms with Crippen LogP contribution in [0.15, 0.2) is 30.3 Å². The highest BCUT2D eigenvalue weighted by Crippen LogP contribution is 2.21. The molecule has 1 aliphatic heterocycles. The van der Waals surface area contributed by atoms with Crippen molar-refractivity contribution in [2.45, 2.75) is 32.3 Å². The number of hydrogen-bond donors (Lipinski definition) is 1. The van der Waals surface area contributed by atoms with Crippen molar-refractivity contribution in [3.63, 3.8) is 0 Å². The number of benzene rings is 1. The molecule has 1 atom stereocenters. The van der Waals surface area contributed by atoms with E-state index in [1.807, 2.05) is 6.92 Å². The van der Waals surface area contributed by atoms with Crippen LogP contribution in [-0.2, 0) is 11.2 Å². The lowest BCUT2D eigenvalue weighted by Gasteiger charge is -2.34. The van der Waals surface area contributed by atoms with Gasteiger partial charge in [0.1, 0.15) is 0 Å². The average molecular weight is 276 g/mol. The molecule has 1 aromatic carbocycles. The van der Waals surface area contributed by atoms with Crippen LogP contribution in [0, 0.1) is 5.92 Å². The molecule has 0 amide bonds. The van der Waals surface area contributed by atoms with E-state index in [0.717, 1.165) is 19.1 Å². The Morgan fingerprint density at radius 3 is 2.55 bits per heavy atom. The lowest BCUT2D eigenvalue weighted by molar-refractivity contribution is 0.0301. The van der Waals surface area contributed by atoms with Gasteiger partial charge < -0.3 is 15.4 Å². The first kappa shape index (κ1) is 15.5. The summed E-state index contributed by atoms with van der Waals surface area (Å²) in [4.78, 5) is 2.51. The second kappa shape index (κ2) is 8.40. The van der Waals surface area contributed by atoms with Gasteiger partial charge in [-0.15, -0.1) is 0 Å². The molecule has 0 bridgehead atoms. The summed E-state index contributed by atoms with van der Waals surface area (Å²) in [5.41, 5.74) is 7.23. The van der Waals surface area contributed by atoms with Gasteiger partial charge in [-0.05, 0) is 50.8 Å². The summed E-state index contributed by atoms with van der Waals surface area (Å²) in [6.07, 6.45) is 4.00. The molecule has 1 aromatic rings. The zero-order valence-electron chi connectivity index (χ0n) is 12.6. The van der Waals surface area contributed by atoms with E-state index < -0.39 is 0 Å². The highest BCUT2D eigenvalue weighted by molar-refractivity contribution is 5.15. The molecular weight excluding hydrogens is 248 g/mol. The normalized spacial score (nSPS) is 19.1. The Labute approximate surface area is 123 Å². The summed E-state index contributed by atoms with van der Waals surface area (Å²) in [6, 6.07) is 10.8. The first-order valence-corrected chi connectivity index (χ1v) is 7.89. The minimum atomic E-state index is 0.200. The molecule has 0 spiro atoms. The van der Waals surface area contributed by atoms with Crippen LogP contribution in [-0.4, -0.2) is 43.8 Å². The van der Waals surface area contributed by atoms with E-state index >= 15 is 0 Å². The van der Waals surface area contributed by atoms with E-state index in [-0.39, 0.29) is 6.10 Å². The Balaban J connectivity index is 1.72. The number of piperidine rings is 1. The number of hydrogen-bond acceptors (Lipinski definition) is 3. The van der Waals surface area contributed by atoms with E-state index in [2.05, 4.69) is 35.2 Å². The van der Waals surface area contributed by atoms with Gasteiger partial charge in [0.05, 0.1) is 6.10 Å². The number of likely N-dealkylation sites (tertiary alicyclic amines) is 1. The molecule has 1 unspecified atom stereocenters. The predicted molar refractivity (Wildman–Crippen MR) is 83.8 cm³/mol. The van der Waals surface area contributed by atoms with E-state index in [0.29, 0.717) is 6.54 Å². The minimum absolute atomic E-state index is 0.200. The van der Waals surface area contributed by atoms with Gasteiger partial charge in [0.25, 0.3) is 0 Å². The fourth-order valence-corrected chi connectivity index (χ4v) is 3.04. The van der Waals surface area contributed by atoms with Crippen LogP contribution >= 0.6 is 0 Å². The lowest BCUT2D eigenvalue weighted by atomic mass is 9.90. The maximum absolute atomic E-state index is 5.75. The van der Waals surface area contributed by atoms with Gasteiger partial charge in [-0.3, -0.25) is 0 Å². The third-order valence-corrected chi connectivity index (χ3v) is 4.20. The number of nitrogens with zero attached hydrogens (tertiary/aromatic N) is 1. The fraction of sp³-hybridized carbons (Fsp3) is 0.647. The number of nitrogens with two attached hydrogens (primary N) is 1. The highest BCUT2D eigenvalue weighted by atomic mass is 16.5. The van der Waals surface area contributed by atoms with Crippen molar-refractivity contribution in [1.82, 2.24) is 4.90 Å². The van der Waals surface area contributed by atoms with Crippen molar-refractivity contribution in [2.24, 2.45) is 11.7 Å². The Hall–Kier alpha value is -0.900. The third kappa shape index (κ3) is 4.89. The topological polar surface area (TPSA) is 38.5 Å². The quantitative estimate of drug-likeness (QED) is 0.830. The highest BCUT2D eigenvalue weighted by Gasteiger charge is 2.21. The zero-order chi connectivity index (χ0) is 14.2. The Kier molecular flexibility index (Phi) is 6.51. The van der Waals surface area contributed by atoms with Crippen LogP contribution in [0.5, 0.6) is 0 Å². The lowest BCUT2D eigenvalue weighted by Crippen LogP contribution is -2.42. The molecule has 0 saturated carbocycles. The molecule has 0 radical (unpaired) electrons. The standard InChI is InChI=1S/C17H28N2O/c1-2-20-17(13-18)14-19-10-8-16(9-11-19)12-15-6-4-3-5-7-15/h3-7,16-17H,2,8-14,18H2,1H3. The first-order chi connectivity index (χ1) is 9.81. The molecule has 0 aliphatic carbocycles. The first-order valence-electron chi connectivity index (χ1n) is 7.89. The summed E-state index contributed by atoms with van der Waals surface area (Å²) in [6.45, 7) is 6.77. The summed E-state index contributed by atoms with van der Waals surface area (Å²) in [5, 5.41) is 0. The van der Waals surface area contributed by atoms with Crippen molar-refractivity contribution in [2.75, 3.05) is 32.8 Å². The second-order valence-electron chi connectivity index (χ2n) is 5.75. The maximum Gasteiger partial charge on any atom is 0.0823 e. The van der Waals surface area contributed by atoms with E-state index in [4.69, 9.17) is 10.5 Å². The molecule has 20 heavy (non-hydrogen) atoms. The molecule has 0 aromatic heterocycles. The molecule has 3 nitrogen and oxygen atoms in total. The van der Waals surface area contributed by atoms with Crippen LogP contribution in [0.25, 0.3) is 0 Å². The van der Waals surface area contributed by atoms with Crippen LogP contribution in [0.2, 0.25) is 0 Å². The van der Waals surface area contributed by atoms with Crippen molar-refractivity contribution in [3.8, 4) is 0 Å². The summed E-state index contributed by atoms with van der Waals surface area (Å²) in [7, 11) is 0. The Bertz CT molecular complexity index is 361. The number of ether oxygens (including phenoxy) is 1. The van der Waals surface area contributed by atoms with Crippen LogP contribution in [0.1, 0.15) is 25.3 Å². The van der Waals surface area contributed by atoms with Gasteiger partial charge in [0.2, 0.25) is 0 Å². The smallest absolute Gasteiger partial charge is 0.0823 e. The summed E-state index contributed by atoms with van der Waals surface area (Å²) >= 11 is 0. The van der Waals surface area contributed by atoms with Gasteiger partial charge in [0, 0.05) is 19.7 Å². The maximum atomic E-state index is 5.75. The number of rotatable bonds is 7. The molecule has 112 valence electrons. The van der Waals surface area contributed by atoms with Crippen LogP contribution < -0.4 is 5.73 Å². The largest absolute Gasteiger partial charge is 0.376 e. The minimum Gasteiger partial charge on any atom is -0.376 e. The molecule has 3 heteroatoms. The van der Waals surface area contributed by atoms with Gasteiger partial charge >= 0.3 is 0 Å². The fourth-order valence-electron chi connectivity index (χ4n) is 3.04. The molecule has 2 rings (SSSR count). The summed E-state index contributed by atoms with van der Waals surface area (Å²) in [5.74, 6) is 0.831. The van der Waals surface area contributed by atoms with E-state index in [9.17, 15) is 0 Å². The molecule has 2 N–H and O–H groups in total. The zero-order valence-corrected chi connectivity index (χ0v) is 12.6. The average Bonchev–Trinajstić information content (AvgIpc) is 2.50. The van der Waals surface area contributed by atoms with Crippen LogP contribution in [0.4, 0.5) is 0 Å². The second-order valence-corrected chi connectivity index (χ2v) is 5.75. The molecule has 1 aliphatic rings. The predicted octanol–water partition coefficient (Wildman–Crippen LogP) is 2.30. The Morgan fingerprint density at radius 1 is 1.25 bits per heavy atom. The third-order valence-electron chi connectivity index (χ3n) is 4.20. The molecule has 1 fully saturated rings. The van der Waals surface area contributed by atoms with Crippen molar-refractivity contribution in [1.29, 1.82) is 0 Å². The van der Waals surface area contributed by atoms with Gasteiger partial charge in [-0.2, -0.15) is 0 Å². The van der Waals surface area contributed by atoms with Gasteiger partial charge in [-0.25, -0.2) is 0 Å². The van der Waals surface area contributed by atoms with Crippen molar-refractivity contribution in [3.05, 3.63) is 35.9 Å². The SMILES string of the molecule is CCOC(CN)CN1CCC(Cc2ccccc2)CC1. The molecule has 1 saturated heterocycles. The summed E-state index contributed by atoms with van der Waals surface area (Å²) < 4.78 is 5.65. The molecule has 1 heterocycles. The van der Waals surface area contributed by atoms with Gasteiger partial charge in [0.15, 0.2) is 0 Å². The van der Waals surface area contributed by atoms with Crippen LogP contribution in [0.3, 0.4) is 0 Å². The monoisotopic (exact) mass is 276 g/mol. The Morgan fingerprint density at radius 2 is 1.95 bits per heavy atom. The van der Waals surface area contributed by atoms with E-state index in [1.54, 1.807) is 0 Å². The van der Waals surface area contributed by atoms with E-state index in [1.165, 1.54) is 37.9 Å². The van der Waals surface area contributed by atoms with Gasteiger partial charge in [-0.1, -0.05) is 30.3 Å². The molecular formula is C17H28N2O. The van der Waals surface area contributed by atoms with Crippen molar-refractivity contribution >= 4 is 0 Å². The van der Waals surface area contributed by atoms with Crippen molar-refractivity contribution < 1.29 is 4.74 Å².